The van der Waals surface area contributed by atoms with Crippen LogP contribution >= 0.6 is 12.2 Å². The third kappa shape index (κ3) is 5.31. The van der Waals surface area contributed by atoms with Gasteiger partial charge in [0.15, 0.2) is 28.1 Å². The maximum Gasteiger partial charge on any atom is 0.276 e. The first-order valence-corrected chi connectivity index (χ1v) is 10.9. The van der Waals surface area contributed by atoms with Crippen LogP contribution in [0.5, 0.6) is 23.0 Å². The van der Waals surface area contributed by atoms with Gasteiger partial charge >= 0.3 is 0 Å². The van der Waals surface area contributed by atoms with Crippen LogP contribution in [0.3, 0.4) is 0 Å². The van der Waals surface area contributed by atoms with Crippen molar-refractivity contribution in [3.05, 3.63) is 53.2 Å². The van der Waals surface area contributed by atoms with Crippen LogP contribution in [0.1, 0.15) is 25.0 Å². The Labute approximate surface area is 193 Å². The summed E-state index contributed by atoms with van der Waals surface area (Å²) in [5.74, 6) is 2.47. The Morgan fingerprint density at radius 2 is 1.62 bits per heavy atom. The van der Waals surface area contributed by atoms with Crippen LogP contribution in [0.15, 0.2) is 42.1 Å². The molecule has 1 heterocycles. The Kier molecular flexibility index (Phi) is 7.94. The van der Waals surface area contributed by atoms with Crippen molar-refractivity contribution in [1.82, 2.24) is 10.2 Å². The Hall–Kier alpha value is -3.26. The van der Waals surface area contributed by atoms with Gasteiger partial charge in [-0.1, -0.05) is 12.1 Å². The van der Waals surface area contributed by atoms with Crippen molar-refractivity contribution in [2.45, 2.75) is 20.3 Å². The largest absolute Gasteiger partial charge is 0.493 e. The molecule has 32 heavy (non-hydrogen) atoms. The first-order chi connectivity index (χ1) is 15.5. The number of hydrogen-bond donors (Lipinski definition) is 1. The minimum absolute atomic E-state index is 0.166. The van der Waals surface area contributed by atoms with Gasteiger partial charge < -0.3 is 24.3 Å². The van der Waals surface area contributed by atoms with Crippen LogP contribution in [0, 0.1) is 0 Å². The molecule has 1 fully saturated rings. The highest BCUT2D eigenvalue weighted by Crippen LogP contribution is 2.30. The molecule has 1 amide bonds. The van der Waals surface area contributed by atoms with E-state index in [0.29, 0.717) is 60.0 Å². The van der Waals surface area contributed by atoms with E-state index < -0.39 is 0 Å². The van der Waals surface area contributed by atoms with E-state index in [0.717, 1.165) is 11.1 Å². The van der Waals surface area contributed by atoms with E-state index in [9.17, 15) is 4.79 Å². The molecule has 8 heteroatoms. The molecule has 2 aromatic rings. The molecule has 0 bridgehead atoms. The fraction of sp³-hybridized carbons (Fsp3) is 0.333. The third-order valence-corrected chi connectivity index (χ3v) is 5.24. The van der Waals surface area contributed by atoms with Crippen molar-refractivity contribution in [2.75, 3.05) is 34.0 Å². The first-order valence-electron chi connectivity index (χ1n) is 10.5. The normalized spacial score (nSPS) is 14.5. The molecule has 1 aliphatic rings. The van der Waals surface area contributed by atoms with Crippen LogP contribution in [-0.2, 0) is 11.2 Å². The van der Waals surface area contributed by atoms with Gasteiger partial charge in [-0.25, -0.2) is 0 Å². The van der Waals surface area contributed by atoms with Crippen LogP contribution in [0.25, 0.3) is 6.08 Å². The minimum Gasteiger partial charge on any atom is -0.493 e. The number of carbonyl (C=O) groups is 1. The molecular weight excluding hydrogens is 428 g/mol. The number of nitrogens with one attached hydrogen (secondary N) is 1. The minimum atomic E-state index is -0.166. The van der Waals surface area contributed by atoms with Gasteiger partial charge in [0, 0.05) is 6.54 Å². The Morgan fingerprint density at radius 3 is 2.31 bits per heavy atom. The number of hydrogen-bond acceptors (Lipinski definition) is 6. The van der Waals surface area contributed by atoms with Gasteiger partial charge in [-0.2, -0.15) is 0 Å². The second kappa shape index (κ2) is 10.9. The molecule has 0 spiro atoms. The van der Waals surface area contributed by atoms with E-state index in [2.05, 4.69) is 5.32 Å². The Bertz CT molecular complexity index is 1020. The topological polar surface area (TPSA) is 69.3 Å². The predicted molar refractivity (Wildman–Crippen MR) is 127 cm³/mol. The first kappa shape index (κ1) is 23.4. The molecular formula is C24H28N2O5S. The van der Waals surface area contributed by atoms with E-state index >= 15 is 0 Å². The van der Waals surface area contributed by atoms with Crippen molar-refractivity contribution in [1.29, 1.82) is 0 Å². The third-order valence-electron chi connectivity index (χ3n) is 4.91. The lowest BCUT2D eigenvalue weighted by atomic mass is 10.1. The average molecular weight is 457 g/mol. The standard InChI is InChI=1S/C24H28N2O5S/c1-5-30-20-10-7-16(14-22(20)31-6-2)11-12-26-23(27)18(25-24(26)32)13-17-8-9-19(28-3)21(15-17)29-4/h7-10,13-15H,5-6,11-12H2,1-4H3,(H,25,32)/b18-13+. The van der Waals surface area contributed by atoms with Gasteiger partial charge in [0.1, 0.15) is 5.70 Å². The second-order valence-corrected chi connectivity index (χ2v) is 7.34. The molecule has 0 radical (unpaired) electrons. The summed E-state index contributed by atoms with van der Waals surface area (Å²) < 4.78 is 21.9. The molecule has 3 rings (SSSR count). The number of carbonyl (C=O) groups excluding carboxylic acids is 1. The van der Waals surface area contributed by atoms with Crippen molar-refractivity contribution < 1.29 is 23.7 Å². The van der Waals surface area contributed by atoms with Crippen LogP contribution in [-0.4, -0.2) is 49.9 Å². The highest BCUT2D eigenvalue weighted by Gasteiger charge is 2.30. The predicted octanol–water partition coefficient (Wildman–Crippen LogP) is 3.80. The Balaban J connectivity index is 1.71. The van der Waals surface area contributed by atoms with Crippen molar-refractivity contribution in [3.8, 4) is 23.0 Å². The molecule has 170 valence electrons. The van der Waals surface area contributed by atoms with Crippen molar-refractivity contribution in [2.24, 2.45) is 0 Å². The lowest BCUT2D eigenvalue weighted by molar-refractivity contribution is -0.122. The number of thiocarbonyl (C=S) groups is 1. The fourth-order valence-corrected chi connectivity index (χ4v) is 3.66. The molecule has 0 aliphatic carbocycles. The molecule has 0 aromatic heterocycles. The van der Waals surface area contributed by atoms with Gasteiger partial charge in [-0.05, 0) is 74.0 Å². The summed E-state index contributed by atoms with van der Waals surface area (Å²) >= 11 is 5.40. The number of benzene rings is 2. The van der Waals surface area contributed by atoms with E-state index in [1.165, 1.54) is 0 Å². The van der Waals surface area contributed by atoms with E-state index in [-0.39, 0.29) is 5.91 Å². The number of ether oxygens (including phenoxy) is 4. The Morgan fingerprint density at radius 1 is 0.938 bits per heavy atom. The average Bonchev–Trinajstić information content (AvgIpc) is 3.06. The lowest BCUT2D eigenvalue weighted by Gasteiger charge is -2.15. The summed E-state index contributed by atoms with van der Waals surface area (Å²) in [6.07, 6.45) is 2.38. The van der Waals surface area contributed by atoms with Gasteiger partial charge in [0.25, 0.3) is 5.91 Å². The fourth-order valence-electron chi connectivity index (χ4n) is 3.38. The van der Waals surface area contributed by atoms with E-state index in [1.807, 2.05) is 44.2 Å². The molecule has 0 atom stereocenters. The highest BCUT2D eigenvalue weighted by molar-refractivity contribution is 7.80. The molecule has 2 aromatic carbocycles. The van der Waals surface area contributed by atoms with Crippen LogP contribution in [0.4, 0.5) is 0 Å². The monoisotopic (exact) mass is 456 g/mol. The molecule has 7 nitrogen and oxygen atoms in total. The van der Waals surface area contributed by atoms with Gasteiger partial charge in [0.05, 0.1) is 27.4 Å². The number of methoxy groups -OCH3 is 2. The summed E-state index contributed by atoms with van der Waals surface area (Å²) in [6.45, 7) is 5.43. The molecule has 1 saturated heterocycles. The maximum atomic E-state index is 12.9. The lowest BCUT2D eigenvalue weighted by Crippen LogP contribution is -2.32. The zero-order chi connectivity index (χ0) is 23.1. The van der Waals surface area contributed by atoms with Crippen molar-refractivity contribution >= 4 is 29.3 Å². The van der Waals surface area contributed by atoms with E-state index in [1.54, 1.807) is 31.3 Å². The zero-order valence-corrected chi connectivity index (χ0v) is 19.6. The van der Waals surface area contributed by atoms with Gasteiger partial charge in [-0.15, -0.1) is 0 Å². The maximum absolute atomic E-state index is 12.9. The molecule has 0 saturated carbocycles. The summed E-state index contributed by atoms with van der Waals surface area (Å²) in [5, 5.41) is 3.40. The quantitative estimate of drug-likeness (QED) is 0.431. The summed E-state index contributed by atoms with van der Waals surface area (Å²) in [4.78, 5) is 14.5. The van der Waals surface area contributed by atoms with Gasteiger partial charge in [-0.3, -0.25) is 9.69 Å². The molecule has 1 N–H and O–H groups in total. The van der Waals surface area contributed by atoms with Crippen LogP contribution < -0.4 is 24.3 Å². The summed E-state index contributed by atoms with van der Waals surface area (Å²) in [6, 6.07) is 11.3. The smallest absolute Gasteiger partial charge is 0.276 e. The SMILES string of the molecule is CCOc1ccc(CCN2C(=O)/C(=C\c3ccc(OC)c(OC)c3)NC2=S)cc1OCC. The molecule has 0 unspecified atom stereocenters. The number of amides is 1. The summed E-state index contributed by atoms with van der Waals surface area (Å²) in [7, 11) is 3.15. The number of nitrogens with zero attached hydrogens (tertiary/aromatic N) is 1. The van der Waals surface area contributed by atoms with Gasteiger partial charge in [0.2, 0.25) is 0 Å². The van der Waals surface area contributed by atoms with Crippen molar-refractivity contribution in [3.63, 3.8) is 0 Å². The number of rotatable bonds is 10. The van der Waals surface area contributed by atoms with E-state index in [4.69, 9.17) is 31.2 Å². The summed E-state index contributed by atoms with van der Waals surface area (Å²) in [5.41, 5.74) is 2.25. The molecule has 1 aliphatic heterocycles. The highest BCUT2D eigenvalue weighted by atomic mass is 32.1. The van der Waals surface area contributed by atoms with Crippen LogP contribution in [0.2, 0.25) is 0 Å². The zero-order valence-electron chi connectivity index (χ0n) is 18.8. The second-order valence-electron chi connectivity index (χ2n) is 6.96.